The maximum absolute atomic E-state index is 11.9. The molecule has 0 saturated carbocycles. The molecule has 1 atom stereocenters. The molecular weight excluding hydrogens is 344 g/mol. The van der Waals surface area contributed by atoms with E-state index in [1.807, 2.05) is 18.2 Å². The van der Waals surface area contributed by atoms with Crippen molar-refractivity contribution in [1.82, 2.24) is 4.90 Å². The predicted molar refractivity (Wildman–Crippen MR) is 102 cm³/mol. The molecule has 142 valence electrons. The second-order valence-electron chi connectivity index (χ2n) is 6.99. The number of nitrogens with two attached hydrogens (primary N) is 1. The first-order valence-corrected chi connectivity index (χ1v) is 9.04. The van der Waals surface area contributed by atoms with Gasteiger partial charge in [0, 0.05) is 24.7 Å². The summed E-state index contributed by atoms with van der Waals surface area (Å²) in [4.78, 5) is 14.3. The molecule has 6 nitrogen and oxygen atoms in total. The fourth-order valence-electron chi connectivity index (χ4n) is 4.38. The van der Waals surface area contributed by atoms with Gasteiger partial charge in [-0.1, -0.05) is 6.07 Å². The lowest BCUT2D eigenvalue weighted by atomic mass is 9.83. The summed E-state index contributed by atoms with van der Waals surface area (Å²) in [6, 6.07) is 8.17. The van der Waals surface area contributed by atoms with E-state index in [0.29, 0.717) is 11.3 Å². The van der Waals surface area contributed by atoms with Crippen LogP contribution in [0.25, 0.3) is 0 Å². The Balaban J connectivity index is 1.78. The number of ether oxygens (including phenoxy) is 3. The van der Waals surface area contributed by atoms with Crippen LogP contribution in [-0.4, -0.2) is 38.7 Å². The zero-order chi connectivity index (χ0) is 19.1. The summed E-state index contributed by atoms with van der Waals surface area (Å²) in [6.45, 7) is 1.73. The number of carbonyl (C=O) groups excluding carboxylic acids is 1. The van der Waals surface area contributed by atoms with Crippen LogP contribution in [0.4, 0.5) is 0 Å². The molecule has 6 heteroatoms. The minimum atomic E-state index is -0.464. The van der Waals surface area contributed by atoms with Crippen LogP contribution in [0.5, 0.6) is 17.2 Å². The molecule has 0 fully saturated rings. The van der Waals surface area contributed by atoms with Crippen molar-refractivity contribution in [2.24, 2.45) is 5.73 Å². The van der Waals surface area contributed by atoms with Crippen LogP contribution in [0.3, 0.4) is 0 Å². The van der Waals surface area contributed by atoms with Crippen molar-refractivity contribution >= 4 is 5.91 Å². The van der Waals surface area contributed by atoms with E-state index in [2.05, 4.69) is 11.0 Å². The van der Waals surface area contributed by atoms with E-state index in [9.17, 15) is 4.79 Å². The van der Waals surface area contributed by atoms with Crippen LogP contribution >= 0.6 is 0 Å². The fraction of sp³-hybridized carbons (Fsp3) is 0.381. The third-order valence-electron chi connectivity index (χ3n) is 5.71. The van der Waals surface area contributed by atoms with Gasteiger partial charge in [-0.15, -0.1) is 0 Å². The van der Waals surface area contributed by atoms with Crippen molar-refractivity contribution in [1.29, 1.82) is 0 Å². The molecule has 0 saturated heterocycles. The maximum atomic E-state index is 11.9. The van der Waals surface area contributed by atoms with E-state index in [-0.39, 0.29) is 6.04 Å². The molecule has 0 unspecified atom stereocenters. The Labute approximate surface area is 158 Å². The Kier molecular flexibility index (Phi) is 4.44. The summed E-state index contributed by atoms with van der Waals surface area (Å²) in [5.74, 6) is 1.66. The lowest BCUT2D eigenvalue weighted by Gasteiger charge is -2.42. The smallest absolute Gasteiger partial charge is 0.252 e. The number of fused-ring (bicyclic) bond motifs is 4. The predicted octanol–water partition coefficient (Wildman–Crippen LogP) is 2.47. The van der Waals surface area contributed by atoms with Crippen LogP contribution in [0.2, 0.25) is 0 Å². The van der Waals surface area contributed by atoms with Gasteiger partial charge < -0.3 is 19.9 Å². The Hall–Kier alpha value is -2.73. The number of hydrogen-bond acceptors (Lipinski definition) is 5. The summed E-state index contributed by atoms with van der Waals surface area (Å²) >= 11 is 0. The van der Waals surface area contributed by atoms with Crippen molar-refractivity contribution in [2.75, 3.05) is 27.9 Å². The van der Waals surface area contributed by atoms with Crippen LogP contribution in [0, 0.1) is 0 Å². The van der Waals surface area contributed by atoms with E-state index in [1.54, 1.807) is 21.3 Å². The normalized spacial score (nSPS) is 18.1. The Bertz CT molecular complexity index is 910. The summed E-state index contributed by atoms with van der Waals surface area (Å²) in [6.07, 6.45) is 1.76. The molecule has 2 aliphatic rings. The molecular formula is C21H24N2O4. The van der Waals surface area contributed by atoms with Crippen LogP contribution < -0.4 is 19.9 Å². The second kappa shape index (κ2) is 6.78. The van der Waals surface area contributed by atoms with Gasteiger partial charge in [-0.25, -0.2) is 0 Å². The van der Waals surface area contributed by atoms with E-state index in [0.717, 1.165) is 43.0 Å². The molecule has 4 rings (SSSR count). The number of benzene rings is 2. The molecule has 0 bridgehead atoms. The number of carbonyl (C=O) groups is 1. The number of rotatable bonds is 4. The van der Waals surface area contributed by atoms with Gasteiger partial charge in [0.15, 0.2) is 11.5 Å². The number of methoxy groups -OCH3 is 3. The number of primary amides is 1. The number of nitrogens with zero attached hydrogens (tertiary/aromatic N) is 1. The molecule has 2 aromatic rings. The largest absolute Gasteiger partial charge is 0.496 e. The molecule has 2 heterocycles. The third kappa shape index (κ3) is 2.80. The standard InChI is InChI=1S/C21H24N2O4/c1-25-18-5-4-12-8-17-14-10-15(21(22)24)19(26-2)9-13(14)6-7-23(17)11-16(12)20(18)27-3/h4-5,9-10,17H,6-8,11H2,1-3H3,(H2,22,24)/t17-/m0/s1. The van der Waals surface area contributed by atoms with Crippen molar-refractivity contribution in [3.05, 3.63) is 52.1 Å². The number of amides is 1. The molecule has 0 aliphatic carbocycles. The van der Waals surface area contributed by atoms with Crippen molar-refractivity contribution < 1.29 is 19.0 Å². The lowest BCUT2D eigenvalue weighted by Crippen LogP contribution is -2.39. The monoisotopic (exact) mass is 368 g/mol. The van der Waals surface area contributed by atoms with Crippen molar-refractivity contribution in [3.63, 3.8) is 0 Å². The highest BCUT2D eigenvalue weighted by molar-refractivity contribution is 5.96. The van der Waals surface area contributed by atoms with E-state index >= 15 is 0 Å². The van der Waals surface area contributed by atoms with Gasteiger partial charge in [-0.05, 0) is 47.7 Å². The maximum Gasteiger partial charge on any atom is 0.252 e. The van der Waals surface area contributed by atoms with Gasteiger partial charge in [0.1, 0.15) is 5.75 Å². The van der Waals surface area contributed by atoms with E-state index in [1.165, 1.54) is 16.7 Å². The Morgan fingerprint density at radius 1 is 1.07 bits per heavy atom. The highest BCUT2D eigenvalue weighted by atomic mass is 16.5. The Morgan fingerprint density at radius 2 is 1.85 bits per heavy atom. The van der Waals surface area contributed by atoms with Crippen molar-refractivity contribution in [2.45, 2.75) is 25.4 Å². The average molecular weight is 368 g/mol. The van der Waals surface area contributed by atoms with Gasteiger partial charge in [-0.3, -0.25) is 9.69 Å². The minimum Gasteiger partial charge on any atom is -0.496 e. The first-order chi connectivity index (χ1) is 13.1. The minimum absolute atomic E-state index is 0.211. The van der Waals surface area contributed by atoms with E-state index < -0.39 is 5.91 Å². The van der Waals surface area contributed by atoms with Gasteiger partial charge in [0.25, 0.3) is 5.91 Å². The quantitative estimate of drug-likeness (QED) is 0.897. The molecule has 0 spiro atoms. The SMILES string of the molecule is COc1cc2c(cc1C(N)=O)[C@@H]1Cc3ccc(OC)c(OC)c3CN1CC2. The molecule has 1 amide bonds. The van der Waals surface area contributed by atoms with Gasteiger partial charge in [-0.2, -0.15) is 0 Å². The highest BCUT2D eigenvalue weighted by Crippen LogP contribution is 2.44. The summed E-state index contributed by atoms with van der Waals surface area (Å²) < 4.78 is 16.5. The highest BCUT2D eigenvalue weighted by Gasteiger charge is 2.35. The first-order valence-electron chi connectivity index (χ1n) is 9.04. The van der Waals surface area contributed by atoms with Gasteiger partial charge >= 0.3 is 0 Å². The van der Waals surface area contributed by atoms with Crippen LogP contribution in [0.15, 0.2) is 24.3 Å². The fourth-order valence-corrected chi connectivity index (χ4v) is 4.38. The molecule has 27 heavy (non-hydrogen) atoms. The van der Waals surface area contributed by atoms with Gasteiger partial charge in [0.05, 0.1) is 26.9 Å². The summed E-state index contributed by atoms with van der Waals surface area (Å²) in [5, 5.41) is 0. The first kappa shape index (κ1) is 17.7. The van der Waals surface area contributed by atoms with Crippen molar-refractivity contribution in [3.8, 4) is 17.2 Å². The Morgan fingerprint density at radius 3 is 2.52 bits per heavy atom. The summed E-state index contributed by atoms with van der Waals surface area (Å²) in [5.41, 5.74) is 10.8. The van der Waals surface area contributed by atoms with Crippen LogP contribution in [0.1, 0.15) is 38.7 Å². The van der Waals surface area contributed by atoms with Gasteiger partial charge in [0.2, 0.25) is 0 Å². The molecule has 0 radical (unpaired) electrons. The van der Waals surface area contributed by atoms with E-state index in [4.69, 9.17) is 19.9 Å². The van der Waals surface area contributed by atoms with Crippen LogP contribution in [-0.2, 0) is 19.4 Å². The molecule has 2 aliphatic heterocycles. The zero-order valence-electron chi connectivity index (χ0n) is 15.9. The number of hydrogen-bond donors (Lipinski definition) is 1. The zero-order valence-corrected chi connectivity index (χ0v) is 15.9. The summed E-state index contributed by atoms with van der Waals surface area (Å²) in [7, 11) is 4.91. The topological polar surface area (TPSA) is 74.0 Å². The molecule has 0 aromatic heterocycles. The second-order valence-corrected chi connectivity index (χ2v) is 6.99. The molecule has 2 aromatic carbocycles. The lowest BCUT2D eigenvalue weighted by molar-refractivity contribution is 0.0996. The average Bonchev–Trinajstić information content (AvgIpc) is 2.70. The molecule has 2 N–H and O–H groups in total. The third-order valence-corrected chi connectivity index (χ3v) is 5.71.